The zero-order valence-electron chi connectivity index (χ0n) is 17.1. The van der Waals surface area contributed by atoms with E-state index in [1.165, 1.54) is 49.7 Å². The van der Waals surface area contributed by atoms with Crippen LogP contribution in [0.15, 0.2) is 48.5 Å². The van der Waals surface area contributed by atoms with Crippen LogP contribution in [0.25, 0.3) is 0 Å². The molecule has 0 N–H and O–H groups in total. The first-order valence-electron chi connectivity index (χ1n) is 10.2. The summed E-state index contributed by atoms with van der Waals surface area (Å²) in [5, 5.41) is 0. The van der Waals surface area contributed by atoms with Gasteiger partial charge in [0.25, 0.3) is 0 Å². The third-order valence-corrected chi connectivity index (χ3v) is 7.26. The van der Waals surface area contributed by atoms with Gasteiger partial charge in [0.2, 0.25) is 0 Å². The van der Waals surface area contributed by atoms with E-state index in [0.29, 0.717) is 22.9 Å². The maximum absolute atomic E-state index is 6.35. The van der Waals surface area contributed by atoms with Gasteiger partial charge in [-0.3, -0.25) is 0 Å². The predicted molar refractivity (Wildman–Crippen MR) is 111 cm³/mol. The summed E-state index contributed by atoms with van der Waals surface area (Å²) in [6, 6.07) is 20.2. The van der Waals surface area contributed by atoms with Crippen molar-refractivity contribution in [3.8, 4) is 5.75 Å². The number of ether oxygens (including phenoxy) is 1. The molecule has 0 aromatic heterocycles. The van der Waals surface area contributed by atoms with Gasteiger partial charge in [0.05, 0.1) is 6.61 Å². The van der Waals surface area contributed by atoms with Gasteiger partial charge in [0.15, 0.2) is 0 Å². The van der Waals surface area contributed by atoms with Crippen LogP contribution in [-0.4, -0.2) is 23.1 Å². The quantitative estimate of drug-likeness (QED) is 0.515. The van der Waals surface area contributed by atoms with Crippen molar-refractivity contribution in [1.29, 1.82) is 0 Å². The van der Waals surface area contributed by atoms with Crippen molar-refractivity contribution in [3.05, 3.63) is 65.7 Å². The molecule has 0 heterocycles. The van der Waals surface area contributed by atoms with Gasteiger partial charge < -0.3 is 21.7 Å². The molecule has 0 spiro atoms. The van der Waals surface area contributed by atoms with E-state index in [1.54, 1.807) is 0 Å². The van der Waals surface area contributed by atoms with E-state index < -0.39 is 0 Å². The van der Waals surface area contributed by atoms with Crippen LogP contribution in [-0.2, 0) is 12.0 Å². The molecule has 4 fully saturated rings. The average molecular weight is 450 g/mol. The molecule has 4 aliphatic rings. The monoisotopic (exact) mass is 448 g/mol. The number of benzene rings is 2. The Morgan fingerprint density at radius 2 is 1.64 bits per heavy atom. The number of hydrogen-bond acceptors (Lipinski definition) is 1. The normalized spacial score (nSPS) is 35.0. The summed E-state index contributed by atoms with van der Waals surface area (Å²) < 4.78 is 6.35. The van der Waals surface area contributed by atoms with Crippen molar-refractivity contribution in [1.82, 2.24) is 0 Å². The molecule has 144 valence electrons. The van der Waals surface area contributed by atoms with Crippen molar-refractivity contribution in [2.45, 2.75) is 64.4 Å². The van der Waals surface area contributed by atoms with Crippen LogP contribution in [0.2, 0.25) is 0 Å². The van der Waals surface area contributed by atoms with Crippen LogP contribution in [0.3, 0.4) is 0 Å². The Labute approximate surface area is 196 Å². The van der Waals surface area contributed by atoms with E-state index >= 15 is 0 Å². The van der Waals surface area contributed by atoms with Gasteiger partial charge in [0, 0.05) is 5.75 Å². The molecule has 4 saturated carbocycles. The summed E-state index contributed by atoms with van der Waals surface area (Å²) in [5.41, 5.74) is 4.03. The molecule has 2 aromatic rings. The van der Waals surface area contributed by atoms with E-state index in [2.05, 4.69) is 68.4 Å². The van der Waals surface area contributed by atoms with E-state index in [-0.39, 0.29) is 40.0 Å². The molecule has 6 rings (SSSR count). The van der Waals surface area contributed by atoms with Crippen LogP contribution >= 0.6 is 0 Å². The topological polar surface area (TPSA) is 9.23 Å². The summed E-state index contributed by atoms with van der Waals surface area (Å²) >= 11 is 0. The van der Waals surface area contributed by atoms with Gasteiger partial charge in [-0.05, 0) is 66.3 Å². The molecule has 2 aromatic carbocycles. The standard InChI is InChI=1S/C25H29O.BrH.Mg/c1-23-12-20-13-24(2,16-23)18-25(14-20,17-23)21-10-6-7-11-22(21)26-15-19-8-4-3-5-9-19;;/h3-6,8-11,20H,12-18H2,1-2H3;1H;/q-1;;+2/p-1. The van der Waals surface area contributed by atoms with E-state index in [4.69, 9.17) is 4.74 Å². The first kappa shape index (κ1) is 22.2. The van der Waals surface area contributed by atoms with Gasteiger partial charge in [-0.15, -0.1) is 11.6 Å². The SMILES string of the molecule is CC12CC3CC(C)(C1)CC(c1cc[c-]cc1OCc1ccccc1)(C3)C2.[Br-].[Mg+2]. The van der Waals surface area contributed by atoms with E-state index in [1.807, 2.05) is 0 Å². The number of halogens is 1. The Balaban J connectivity index is 0.00000112. The fraction of sp³-hybridized carbons (Fsp3) is 0.520. The number of hydrogen-bond donors (Lipinski definition) is 0. The van der Waals surface area contributed by atoms with Crippen LogP contribution in [0.4, 0.5) is 0 Å². The molecule has 4 aliphatic carbocycles. The maximum atomic E-state index is 6.35. The van der Waals surface area contributed by atoms with Crippen molar-refractivity contribution in [2.24, 2.45) is 16.7 Å². The Morgan fingerprint density at radius 1 is 0.964 bits per heavy atom. The van der Waals surface area contributed by atoms with Crippen LogP contribution in [0.1, 0.15) is 63.5 Å². The average Bonchev–Trinajstić information content (AvgIpc) is 2.58. The first-order valence-corrected chi connectivity index (χ1v) is 10.2. The third-order valence-electron chi connectivity index (χ3n) is 7.26. The molecule has 2 unspecified atom stereocenters. The molecule has 2 atom stereocenters. The summed E-state index contributed by atoms with van der Waals surface area (Å²) in [6.07, 6.45) is 8.30. The zero-order chi connectivity index (χ0) is 17.8. The molecule has 0 amide bonds. The second-order valence-electron chi connectivity index (χ2n) is 10.1. The smallest absolute Gasteiger partial charge is 1.00 e. The summed E-state index contributed by atoms with van der Waals surface area (Å²) in [6.45, 7) is 5.73. The molecule has 4 bridgehead atoms. The summed E-state index contributed by atoms with van der Waals surface area (Å²) in [7, 11) is 0. The predicted octanol–water partition coefficient (Wildman–Crippen LogP) is 2.94. The summed E-state index contributed by atoms with van der Waals surface area (Å²) in [5.74, 6) is 1.96. The van der Waals surface area contributed by atoms with Gasteiger partial charge in [-0.1, -0.05) is 44.2 Å². The minimum Gasteiger partial charge on any atom is -1.00 e. The molecule has 0 saturated heterocycles. The minimum atomic E-state index is 0. The second kappa shape index (κ2) is 7.96. The van der Waals surface area contributed by atoms with Crippen molar-refractivity contribution < 1.29 is 21.7 Å². The van der Waals surface area contributed by atoms with Crippen LogP contribution in [0.5, 0.6) is 5.75 Å². The minimum absolute atomic E-state index is 0. The van der Waals surface area contributed by atoms with E-state index in [0.717, 1.165) is 11.7 Å². The largest absolute Gasteiger partial charge is 2.00 e. The molecular weight excluding hydrogens is 420 g/mol. The number of rotatable bonds is 4. The van der Waals surface area contributed by atoms with Gasteiger partial charge >= 0.3 is 23.1 Å². The Hall–Kier alpha value is -0.514. The Morgan fingerprint density at radius 3 is 2.29 bits per heavy atom. The van der Waals surface area contributed by atoms with Crippen molar-refractivity contribution >= 4 is 23.1 Å². The first-order chi connectivity index (χ1) is 12.5. The molecule has 3 heteroatoms. The van der Waals surface area contributed by atoms with E-state index in [9.17, 15) is 0 Å². The molecule has 28 heavy (non-hydrogen) atoms. The van der Waals surface area contributed by atoms with Gasteiger partial charge in [0.1, 0.15) is 0 Å². The van der Waals surface area contributed by atoms with Gasteiger partial charge in [-0.2, -0.15) is 18.2 Å². The maximum Gasteiger partial charge on any atom is 2.00 e. The zero-order valence-corrected chi connectivity index (χ0v) is 20.1. The van der Waals surface area contributed by atoms with Crippen LogP contribution < -0.4 is 21.7 Å². The molecular formula is C25H29BrMgO. The Bertz CT molecular complexity index is 802. The fourth-order valence-corrected chi connectivity index (χ4v) is 7.46. The third kappa shape index (κ3) is 3.91. The molecule has 0 radical (unpaired) electrons. The van der Waals surface area contributed by atoms with Crippen molar-refractivity contribution in [2.75, 3.05) is 0 Å². The van der Waals surface area contributed by atoms with Gasteiger partial charge in [-0.25, -0.2) is 0 Å². The second-order valence-corrected chi connectivity index (χ2v) is 10.1. The molecule has 1 nitrogen and oxygen atoms in total. The molecule has 0 aliphatic heterocycles. The van der Waals surface area contributed by atoms with Crippen LogP contribution in [0, 0.1) is 22.8 Å². The fourth-order valence-electron chi connectivity index (χ4n) is 7.46. The Kier molecular flexibility index (Phi) is 6.31. The van der Waals surface area contributed by atoms with Crippen molar-refractivity contribution in [3.63, 3.8) is 0 Å². The summed E-state index contributed by atoms with van der Waals surface area (Å²) in [4.78, 5) is 0.